The first kappa shape index (κ1) is 12.7. The van der Waals surface area contributed by atoms with Gasteiger partial charge in [0.2, 0.25) is 0 Å². The summed E-state index contributed by atoms with van der Waals surface area (Å²) in [7, 11) is 0. The number of nitrogens with one attached hydrogen (secondary N) is 2. The number of hydrogen-bond acceptors (Lipinski definition) is 4. The molecule has 1 aliphatic heterocycles. The molecular weight excluding hydrogens is 232 g/mol. The van der Waals surface area contributed by atoms with Crippen LogP contribution in [-0.4, -0.2) is 36.1 Å². The van der Waals surface area contributed by atoms with E-state index in [2.05, 4.69) is 10.6 Å². The third-order valence-corrected chi connectivity index (χ3v) is 3.11. The maximum atomic E-state index is 11.8. The molecule has 1 aromatic rings. The second-order valence-electron chi connectivity index (χ2n) is 4.43. The molecule has 1 aromatic carbocycles. The highest BCUT2D eigenvalue weighted by atomic mass is 16.3. The van der Waals surface area contributed by atoms with Crippen LogP contribution in [0, 0.1) is 5.92 Å². The lowest BCUT2D eigenvalue weighted by Gasteiger charge is -2.14. The summed E-state index contributed by atoms with van der Waals surface area (Å²) in [5.74, 6) is -0.301. The Morgan fingerprint density at radius 1 is 1.44 bits per heavy atom. The third kappa shape index (κ3) is 2.94. The fourth-order valence-electron chi connectivity index (χ4n) is 2.08. The average Bonchev–Trinajstić information content (AvgIpc) is 2.77. The first-order valence-corrected chi connectivity index (χ1v) is 5.93. The predicted molar refractivity (Wildman–Crippen MR) is 65.9 cm³/mol. The van der Waals surface area contributed by atoms with Crippen molar-refractivity contribution in [2.24, 2.45) is 5.92 Å². The fraction of sp³-hybridized carbons (Fsp3) is 0.385. The fourth-order valence-corrected chi connectivity index (χ4v) is 2.08. The summed E-state index contributed by atoms with van der Waals surface area (Å²) in [5.41, 5.74) is 0.588. The zero-order chi connectivity index (χ0) is 13.0. The SMILES string of the molecule is O=C[C@@H]1C[C@@H](CNC(=O)c2ccccc2)C(O)N1. The molecule has 3 atom stereocenters. The minimum atomic E-state index is -0.740. The van der Waals surface area contributed by atoms with E-state index in [1.807, 2.05) is 6.07 Å². The molecule has 0 radical (unpaired) electrons. The second-order valence-corrected chi connectivity index (χ2v) is 4.43. The summed E-state index contributed by atoms with van der Waals surface area (Å²) < 4.78 is 0. The van der Waals surface area contributed by atoms with Gasteiger partial charge in [0.15, 0.2) is 0 Å². The molecule has 1 amide bonds. The van der Waals surface area contributed by atoms with Crippen molar-refractivity contribution in [1.82, 2.24) is 10.6 Å². The summed E-state index contributed by atoms with van der Waals surface area (Å²) in [6.07, 6.45) is 0.582. The molecule has 0 saturated carbocycles. The Kier molecular flexibility index (Phi) is 4.07. The number of aliphatic hydroxyl groups excluding tert-OH is 1. The molecule has 18 heavy (non-hydrogen) atoms. The van der Waals surface area contributed by atoms with Gasteiger partial charge in [-0.1, -0.05) is 18.2 Å². The Labute approximate surface area is 105 Å². The van der Waals surface area contributed by atoms with E-state index in [1.54, 1.807) is 24.3 Å². The lowest BCUT2D eigenvalue weighted by Crippen LogP contribution is -2.36. The number of rotatable bonds is 4. The molecule has 96 valence electrons. The van der Waals surface area contributed by atoms with Gasteiger partial charge in [-0.3, -0.25) is 10.1 Å². The first-order valence-electron chi connectivity index (χ1n) is 5.93. The smallest absolute Gasteiger partial charge is 0.251 e. The highest BCUT2D eigenvalue weighted by molar-refractivity contribution is 5.94. The molecular formula is C13H16N2O3. The van der Waals surface area contributed by atoms with E-state index < -0.39 is 6.23 Å². The van der Waals surface area contributed by atoms with Crippen molar-refractivity contribution < 1.29 is 14.7 Å². The molecule has 3 N–H and O–H groups in total. The van der Waals surface area contributed by atoms with Gasteiger partial charge in [-0.15, -0.1) is 0 Å². The number of carbonyl (C=O) groups is 2. The van der Waals surface area contributed by atoms with Gasteiger partial charge >= 0.3 is 0 Å². The van der Waals surface area contributed by atoms with Gasteiger partial charge in [0, 0.05) is 18.0 Å². The molecule has 0 aliphatic carbocycles. The van der Waals surface area contributed by atoms with Crippen LogP contribution in [0.2, 0.25) is 0 Å². The number of hydrogen-bond donors (Lipinski definition) is 3. The monoisotopic (exact) mass is 248 g/mol. The lowest BCUT2D eigenvalue weighted by molar-refractivity contribution is -0.109. The Morgan fingerprint density at radius 3 is 2.78 bits per heavy atom. The van der Waals surface area contributed by atoms with Gasteiger partial charge < -0.3 is 15.2 Å². The van der Waals surface area contributed by atoms with Crippen LogP contribution in [0.4, 0.5) is 0 Å². The van der Waals surface area contributed by atoms with Crippen LogP contribution in [-0.2, 0) is 4.79 Å². The average molecular weight is 248 g/mol. The van der Waals surface area contributed by atoms with Crippen molar-refractivity contribution >= 4 is 12.2 Å². The maximum Gasteiger partial charge on any atom is 0.251 e. The van der Waals surface area contributed by atoms with E-state index in [0.29, 0.717) is 18.5 Å². The third-order valence-electron chi connectivity index (χ3n) is 3.11. The van der Waals surface area contributed by atoms with E-state index in [-0.39, 0.29) is 17.9 Å². The highest BCUT2D eigenvalue weighted by Crippen LogP contribution is 2.17. The van der Waals surface area contributed by atoms with E-state index >= 15 is 0 Å². The topological polar surface area (TPSA) is 78.4 Å². The summed E-state index contributed by atoms with van der Waals surface area (Å²) >= 11 is 0. The summed E-state index contributed by atoms with van der Waals surface area (Å²) in [6.45, 7) is 0.353. The lowest BCUT2D eigenvalue weighted by atomic mass is 10.0. The van der Waals surface area contributed by atoms with Crippen LogP contribution in [0.3, 0.4) is 0 Å². The quantitative estimate of drug-likeness (QED) is 0.651. The number of aliphatic hydroxyl groups is 1. The second kappa shape index (κ2) is 5.75. The van der Waals surface area contributed by atoms with Crippen LogP contribution in [0.1, 0.15) is 16.8 Å². The van der Waals surface area contributed by atoms with Gasteiger partial charge in [-0.25, -0.2) is 0 Å². The van der Waals surface area contributed by atoms with Gasteiger partial charge in [0.25, 0.3) is 5.91 Å². The molecule has 1 unspecified atom stereocenters. The summed E-state index contributed by atoms with van der Waals surface area (Å²) in [4.78, 5) is 22.4. The molecule has 2 rings (SSSR count). The Morgan fingerprint density at radius 2 is 2.17 bits per heavy atom. The Balaban J connectivity index is 1.85. The first-order chi connectivity index (χ1) is 8.70. The number of amides is 1. The van der Waals surface area contributed by atoms with Crippen molar-refractivity contribution in [3.63, 3.8) is 0 Å². The van der Waals surface area contributed by atoms with E-state index in [9.17, 15) is 14.7 Å². The number of benzene rings is 1. The molecule has 1 fully saturated rings. The van der Waals surface area contributed by atoms with Gasteiger partial charge in [-0.2, -0.15) is 0 Å². The molecule has 0 spiro atoms. The highest BCUT2D eigenvalue weighted by Gasteiger charge is 2.31. The van der Waals surface area contributed by atoms with Crippen LogP contribution in [0.5, 0.6) is 0 Å². The zero-order valence-corrected chi connectivity index (χ0v) is 9.87. The van der Waals surface area contributed by atoms with Gasteiger partial charge in [0.1, 0.15) is 12.5 Å². The molecule has 0 aromatic heterocycles. The maximum absolute atomic E-state index is 11.8. The zero-order valence-electron chi connectivity index (χ0n) is 9.87. The number of aldehydes is 1. The Bertz CT molecular complexity index is 422. The molecule has 5 heteroatoms. The summed E-state index contributed by atoms with van der Waals surface area (Å²) in [5, 5.41) is 15.2. The molecule has 1 aliphatic rings. The van der Waals surface area contributed by atoms with Crippen LogP contribution in [0.25, 0.3) is 0 Å². The molecule has 1 saturated heterocycles. The largest absolute Gasteiger partial charge is 0.378 e. The summed E-state index contributed by atoms with van der Waals surface area (Å²) in [6, 6.07) is 8.57. The van der Waals surface area contributed by atoms with E-state index in [4.69, 9.17) is 0 Å². The minimum absolute atomic E-state index is 0.132. The predicted octanol–water partition coefficient (Wildman–Crippen LogP) is -0.0882. The van der Waals surface area contributed by atoms with Gasteiger partial charge in [0.05, 0.1) is 6.04 Å². The number of carbonyl (C=O) groups excluding carboxylic acids is 2. The van der Waals surface area contributed by atoms with Crippen molar-refractivity contribution in [3.8, 4) is 0 Å². The standard InChI is InChI=1S/C13H16N2O3/c16-8-11-6-10(13(18)15-11)7-14-12(17)9-4-2-1-3-5-9/h1-5,8,10-11,13,15,18H,6-7H2,(H,14,17)/t10-,11-,13?/m0/s1. The van der Waals surface area contributed by atoms with Crippen molar-refractivity contribution in [3.05, 3.63) is 35.9 Å². The van der Waals surface area contributed by atoms with E-state index in [0.717, 1.165) is 6.29 Å². The van der Waals surface area contributed by atoms with Crippen LogP contribution in [0.15, 0.2) is 30.3 Å². The van der Waals surface area contributed by atoms with Crippen LogP contribution >= 0.6 is 0 Å². The normalized spacial score (nSPS) is 26.8. The van der Waals surface area contributed by atoms with Crippen LogP contribution < -0.4 is 10.6 Å². The van der Waals surface area contributed by atoms with Crippen molar-refractivity contribution in [2.75, 3.05) is 6.54 Å². The van der Waals surface area contributed by atoms with E-state index in [1.165, 1.54) is 0 Å². The van der Waals surface area contributed by atoms with Gasteiger partial charge in [-0.05, 0) is 18.6 Å². The minimum Gasteiger partial charge on any atom is -0.378 e. The molecule has 0 bridgehead atoms. The van der Waals surface area contributed by atoms with Crippen molar-refractivity contribution in [1.29, 1.82) is 0 Å². The Hall–Kier alpha value is -1.72. The molecule has 1 heterocycles. The van der Waals surface area contributed by atoms with Crippen molar-refractivity contribution in [2.45, 2.75) is 18.7 Å². The molecule has 5 nitrogen and oxygen atoms in total.